The van der Waals surface area contributed by atoms with Crippen molar-refractivity contribution in [3.05, 3.63) is 35.4 Å². The van der Waals surface area contributed by atoms with Crippen molar-refractivity contribution in [2.45, 2.75) is 40.2 Å². The highest BCUT2D eigenvalue weighted by Crippen LogP contribution is 2.06. The Morgan fingerprint density at radius 3 is 2.36 bits per heavy atom. The molecule has 0 bridgehead atoms. The van der Waals surface area contributed by atoms with E-state index in [9.17, 15) is 9.59 Å². The van der Waals surface area contributed by atoms with Crippen molar-refractivity contribution in [3.63, 3.8) is 0 Å². The lowest BCUT2D eigenvalue weighted by Crippen LogP contribution is -2.44. The monoisotopic (exact) mass is 306 g/mol. The van der Waals surface area contributed by atoms with Crippen molar-refractivity contribution >= 4 is 12.0 Å². The molecule has 1 unspecified atom stereocenters. The van der Waals surface area contributed by atoms with Crippen molar-refractivity contribution in [2.75, 3.05) is 13.2 Å². The van der Waals surface area contributed by atoms with E-state index in [-0.39, 0.29) is 11.9 Å². The quantitative estimate of drug-likeness (QED) is 0.814. The minimum atomic E-state index is -0.447. The predicted molar refractivity (Wildman–Crippen MR) is 86.9 cm³/mol. The predicted octanol–water partition coefficient (Wildman–Crippen LogP) is 2.89. The number of carbonyl (C=O) groups excluding carboxylic acids is 2. The molecule has 0 fully saturated rings. The Bertz CT molecular complexity index is 483. The average molecular weight is 306 g/mol. The topological polar surface area (TPSA) is 67.4 Å². The molecule has 1 rings (SSSR count). The van der Waals surface area contributed by atoms with E-state index in [1.807, 2.05) is 19.1 Å². The molecule has 5 nitrogen and oxygen atoms in total. The number of carbonyl (C=O) groups is 2. The molecule has 0 aliphatic carbocycles. The third-order valence-corrected chi connectivity index (χ3v) is 3.18. The van der Waals surface area contributed by atoms with E-state index in [1.54, 1.807) is 19.1 Å². The number of nitrogens with one attached hydrogen (secondary N) is 2. The lowest BCUT2D eigenvalue weighted by molar-refractivity contribution is 0.0944. The summed E-state index contributed by atoms with van der Waals surface area (Å²) in [4.78, 5) is 23.6. The summed E-state index contributed by atoms with van der Waals surface area (Å²) in [6.07, 6.45) is 0.324. The summed E-state index contributed by atoms with van der Waals surface area (Å²) in [5.74, 6) is 0.266. The van der Waals surface area contributed by atoms with Crippen LogP contribution in [0.3, 0.4) is 0 Å². The molecule has 0 heterocycles. The normalized spacial score (nSPS) is 11.9. The molecule has 1 aromatic carbocycles. The van der Waals surface area contributed by atoms with E-state index < -0.39 is 6.09 Å². The molecule has 5 heteroatoms. The molecule has 22 heavy (non-hydrogen) atoms. The highest BCUT2D eigenvalue weighted by molar-refractivity contribution is 5.94. The fourth-order valence-corrected chi connectivity index (χ4v) is 2.12. The molecule has 0 aliphatic rings. The van der Waals surface area contributed by atoms with Gasteiger partial charge < -0.3 is 15.4 Å². The maximum Gasteiger partial charge on any atom is 0.407 e. The summed E-state index contributed by atoms with van der Waals surface area (Å²) in [5, 5.41) is 5.65. The van der Waals surface area contributed by atoms with Gasteiger partial charge in [-0.1, -0.05) is 31.5 Å². The second-order valence-corrected chi connectivity index (χ2v) is 5.77. The summed E-state index contributed by atoms with van der Waals surface area (Å²) in [6.45, 7) is 8.59. The Morgan fingerprint density at radius 2 is 1.82 bits per heavy atom. The Kier molecular flexibility index (Phi) is 7.43. The van der Waals surface area contributed by atoms with Crippen LogP contribution in [0.15, 0.2) is 24.3 Å². The Labute approximate surface area is 132 Å². The summed E-state index contributed by atoms with van der Waals surface area (Å²) in [6, 6.07) is 7.24. The molecule has 1 atom stereocenters. The van der Waals surface area contributed by atoms with Crippen LogP contribution in [0.1, 0.15) is 43.1 Å². The second kappa shape index (κ2) is 9.07. The first kappa shape index (κ1) is 18.0. The van der Waals surface area contributed by atoms with Crippen LogP contribution in [0.4, 0.5) is 4.79 Å². The van der Waals surface area contributed by atoms with Gasteiger partial charge in [0.15, 0.2) is 0 Å². The van der Waals surface area contributed by atoms with Crippen LogP contribution in [0.25, 0.3) is 0 Å². The molecule has 0 radical (unpaired) electrons. The Morgan fingerprint density at radius 1 is 1.18 bits per heavy atom. The number of amides is 2. The van der Waals surface area contributed by atoms with E-state index in [2.05, 4.69) is 24.5 Å². The molecule has 0 spiro atoms. The number of hydrogen-bond donors (Lipinski definition) is 2. The van der Waals surface area contributed by atoms with Gasteiger partial charge in [-0.15, -0.1) is 0 Å². The first-order valence-electron chi connectivity index (χ1n) is 7.70. The van der Waals surface area contributed by atoms with Gasteiger partial charge in [0.25, 0.3) is 5.91 Å². The zero-order valence-electron chi connectivity index (χ0n) is 13.8. The minimum Gasteiger partial charge on any atom is -0.450 e. The number of rotatable bonds is 7. The van der Waals surface area contributed by atoms with Crippen molar-refractivity contribution in [1.82, 2.24) is 10.6 Å². The fraction of sp³-hybridized carbons (Fsp3) is 0.529. The van der Waals surface area contributed by atoms with Gasteiger partial charge in [-0.2, -0.15) is 0 Å². The van der Waals surface area contributed by atoms with Crippen molar-refractivity contribution < 1.29 is 14.3 Å². The lowest BCUT2D eigenvalue weighted by Gasteiger charge is -2.20. The first-order chi connectivity index (χ1) is 10.4. The SMILES string of the molecule is CCOC(=O)NC(CNC(=O)c1ccc(C)cc1)CC(C)C. The summed E-state index contributed by atoms with van der Waals surface area (Å²) in [7, 11) is 0. The van der Waals surface area contributed by atoms with Crippen molar-refractivity contribution in [1.29, 1.82) is 0 Å². The third kappa shape index (κ3) is 6.61. The van der Waals surface area contributed by atoms with Gasteiger partial charge in [-0.3, -0.25) is 4.79 Å². The maximum absolute atomic E-state index is 12.1. The largest absolute Gasteiger partial charge is 0.450 e. The number of alkyl carbamates (subject to hydrolysis) is 1. The standard InChI is InChI=1S/C17H26N2O3/c1-5-22-17(21)19-15(10-12(2)3)11-18-16(20)14-8-6-13(4)7-9-14/h6-9,12,15H,5,10-11H2,1-4H3,(H,18,20)(H,19,21). The van der Waals surface area contributed by atoms with Gasteiger partial charge in [-0.25, -0.2) is 4.79 Å². The lowest BCUT2D eigenvalue weighted by atomic mass is 10.0. The minimum absolute atomic E-state index is 0.139. The zero-order chi connectivity index (χ0) is 16.5. The van der Waals surface area contributed by atoms with Crippen LogP contribution in [0.5, 0.6) is 0 Å². The molecule has 122 valence electrons. The molecule has 0 aliphatic heterocycles. The van der Waals surface area contributed by atoms with Gasteiger partial charge in [-0.05, 0) is 38.3 Å². The van der Waals surface area contributed by atoms with Crippen LogP contribution < -0.4 is 10.6 Å². The molecule has 0 aromatic heterocycles. The zero-order valence-corrected chi connectivity index (χ0v) is 13.8. The summed E-state index contributed by atoms with van der Waals surface area (Å²) in [5.41, 5.74) is 1.73. The number of aryl methyl sites for hydroxylation is 1. The van der Waals surface area contributed by atoms with Gasteiger partial charge in [0.2, 0.25) is 0 Å². The molecule has 1 aromatic rings. The highest BCUT2D eigenvalue weighted by atomic mass is 16.5. The Hall–Kier alpha value is -2.04. The molecular weight excluding hydrogens is 280 g/mol. The summed E-state index contributed by atoms with van der Waals surface area (Å²) >= 11 is 0. The number of hydrogen-bond acceptors (Lipinski definition) is 3. The van der Waals surface area contributed by atoms with Crippen molar-refractivity contribution in [2.24, 2.45) is 5.92 Å². The van der Waals surface area contributed by atoms with E-state index in [1.165, 1.54) is 0 Å². The number of benzene rings is 1. The van der Waals surface area contributed by atoms with E-state index >= 15 is 0 Å². The van der Waals surface area contributed by atoms with Crippen molar-refractivity contribution in [3.8, 4) is 0 Å². The molecule has 0 saturated heterocycles. The van der Waals surface area contributed by atoms with Gasteiger partial charge in [0.1, 0.15) is 0 Å². The number of ether oxygens (including phenoxy) is 1. The summed E-state index contributed by atoms with van der Waals surface area (Å²) < 4.78 is 4.90. The van der Waals surface area contributed by atoms with E-state index in [0.717, 1.165) is 12.0 Å². The third-order valence-electron chi connectivity index (χ3n) is 3.18. The molecular formula is C17H26N2O3. The van der Waals surface area contributed by atoms with Gasteiger partial charge in [0, 0.05) is 18.2 Å². The van der Waals surface area contributed by atoms with Crippen LogP contribution in [-0.2, 0) is 4.74 Å². The van der Waals surface area contributed by atoms with E-state index in [4.69, 9.17) is 4.74 Å². The first-order valence-corrected chi connectivity index (χ1v) is 7.70. The second-order valence-electron chi connectivity index (χ2n) is 5.77. The smallest absolute Gasteiger partial charge is 0.407 e. The highest BCUT2D eigenvalue weighted by Gasteiger charge is 2.16. The average Bonchev–Trinajstić information content (AvgIpc) is 2.45. The van der Waals surface area contributed by atoms with Crippen LogP contribution in [0, 0.1) is 12.8 Å². The fourth-order valence-electron chi connectivity index (χ4n) is 2.12. The van der Waals surface area contributed by atoms with Crippen LogP contribution in [0.2, 0.25) is 0 Å². The maximum atomic E-state index is 12.1. The molecule has 2 N–H and O–H groups in total. The van der Waals surface area contributed by atoms with Crippen LogP contribution in [-0.4, -0.2) is 31.2 Å². The van der Waals surface area contributed by atoms with Crippen LogP contribution >= 0.6 is 0 Å². The molecule has 2 amide bonds. The molecule has 0 saturated carbocycles. The van der Waals surface area contributed by atoms with Gasteiger partial charge in [0.05, 0.1) is 6.61 Å². The Balaban J connectivity index is 2.56. The van der Waals surface area contributed by atoms with E-state index in [0.29, 0.717) is 24.6 Å². The van der Waals surface area contributed by atoms with Gasteiger partial charge >= 0.3 is 6.09 Å².